The molecule has 0 radical (unpaired) electrons. The first kappa shape index (κ1) is 19.8. The predicted molar refractivity (Wildman–Crippen MR) is 107 cm³/mol. The topological polar surface area (TPSA) is 115 Å². The quantitative estimate of drug-likeness (QED) is 0.355. The minimum atomic E-state index is -0.493. The van der Waals surface area contributed by atoms with Crippen molar-refractivity contribution in [2.24, 2.45) is 0 Å². The van der Waals surface area contributed by atoms with Crippen molar-refractivity contribution in [3.05, 3.63) is 82.1 Å². The zero-order valence-electron chi connectivity index (χ0n) is 15.5. The number of nitro benzene ring substituents is 1. The average molecular weight is 394 g/mol. The van der Waals surface area contributed by atoms with Crippen LogP contribution in [0.2, 0.25) is 0 Å². The van der Waals surface area contributed by atoms with E-state index in [-0.39, 0.29) is 12.3 Å². The first-order valence-electron chi connectivity index (χ1n) is 8.61. The van der Waals surface area contributed by atoms with Crippen LogP contribution < -0.4 is 10.1 Å². The number of aliphatic hydroxyl groups excluding tert-OH is 1. The summed E-state index contributed by atoms with van der Waals surface area (Å²) < 4.78 is 10.9. The van der Waals surface area contributed by atoms with E-state index in [1.54, 1.807) is 42.5 Å². The Kier molecular flexibility index (Phi) is 6.06. The third kappa shape index (κ3) is 4.88. The Balaban J connectivity index is 1.77. The second kappa shape index (κ2) is 8.85. The lowest BCUT2D eigenvalue weighted by molar-refractivity contribution is -0.384. The van der Waals surface area contributed by atoms with Crippen LogP contribution in [-0.4, -0.2) is 23.0 Å². The van der Waals surface area contributed by atoms with Crippen molar-refractivity contribution in [2.75, 3.05) is 12.4 Å². The number of nitrogens with one attached hydrogen (secondary N) is 1. The van der Waals surface area contributed by atoms with Crippen molar-refractivity contribution >= 4 is 23.4 Å². The molecular weight excluding hydrogens is 376 g/mol. The molecule has 0 bridgehead atoms. The number of anilines is 1. The van der Waals surface area contributed by atoms with Gasteiger partial charge in [0.05, 0.1) is 17.6 Å². The molecule has 29 heavy (non-hydrogen) atoms. The van der Waals surface area contributed by atoms with Crippen molar-refractivity contribution in [3.63, 3.8) is 0 Å². The molecule has 1 aromatic heterocycles. The number of nitro groups is 1. The highest BCUT2D eigenvalue weighted by Gasteiger charge is 2.12. The van der Waals surface area contributed by atoms with Gasteiger partial charge in [-0.1, -0.05) is 12.1 Å². The van der Waals surface area contributed by atoms with Gasteiger partial charge in [0.2, 0.25) is 5.91 Å². The van der Waals surface area contributed by atoms with E-state index in [1.165, 1.54) is 31.4 Å². The number of methoxy groups -OCH3 is 1. The summed E-state index contributed by atoms with van der Waals surface area (Å²) in [6, 6.07) is 14.4. The van der Waals surface area contributed by atoms with Crippen LogP contribution in [0.1, 0.15) is 11.3 Å². The van der Waals surface area contributed by atoms with Crippen LogP contribution >= 0.6 is 0 Å². The fraction of sp³-hybridized carbons (Fsp3) is 0.0952. The largest absolute Gasteiger partial charge is 0.496 e. The lowest BCUT2D eigenvalue weighted by atomic mass is 10.1. The Bertz CT molecular complexity index is 1070. The molecular formula is C21H18N2O6. The minimum Gasteiger partial charge on any atom is -0.496 e. The number of hydrogen-bond donors (Lipinski definition) is 2. The zero-order chi connectivity index (χ0) is 20.8. The van der Waals surface area contributed by atoms with Crippen LogP contribution in [0.3, 0.4) is 0 Å². The third-order valence-electron chi connectivity index (χ3n) is 4.06. The van der Waals surface area contributed by atoms with E-state index in [0.29, 0.717) is 34.1 Å². The lowest BCUT2D eigenvalue weighted by Crippen LogP contribution is -2.07. The highest BCUT2D eigenvalue weighted by Crippen LogP contribution is 2.33. The molecule has 1 heterocycles. The number of non-ortho nitro benzene ring substituents is 1. The van der Waals surface area contributed by atoms with Gasteiger partial charge in [-0.05, 0) is 42.0 Å². The molecule has 0 spiro atoms. The molecule has 0 saturated carbocycles. The molecule has 8 heteroatoms. The summed E-state index contributed by atoms with van der Waals surface area (Å²) in [5.41, 5.74) is 1.62. The van der Waals surface area contributed by atoms with Gasteiger partial charge < -0.3 is 19.6 Å². The van der Waals surface area contributed by atoms with E-state index < -0.39 is 10.8 Å². The molecule has 0 atom stereocenters. The highest BCUT2D eigenvalue weighted by atomic mass is 16.6. The van der Waals surface area contributed by atoms with Crippen LogP contribution in [0.25, 0.3) is 17.4 Å². The summed E-state index contributed by atoms with van der Waals surface area (Å²) in [4.78, 5) is 22.6. The van der Waals surface area contributed by atoms with Crippen molar-refractivity contribution in [1.29, 1.82) is 0 Å². The van der Waals surface area contributed by atoms with Gasteiger partial charge >= 0.3 is 0 Å². The Morgan fingerprint density at radius 3 is 2.76 bits per heavy atom. The third-order valence-corrected chi connectivity index (χ3v) is 4.06. The standard InChI is InChI=1S/C21H18N2O6/c1-28-19-8-6-15(12-18(19)20-9-7-17(13-24)29-20)22-21(25)10-5-14-3-2-4-16(11-14)23(26)27/h2-12,24H,13H2,1H3,(H,22,25)/b10-5+. The maximum atomic E-state index is 12.2. The SMILES string of the molecule is COc1ccc(NC(=O)/C=C/c2cccc([N+](=O)[O-])c2)cc1-c1ccc(CO)o1. The summed E-state index contributed by atoms with van der Waals surface area (Å²) in [5, 5.41) is 22.7. The van der Waals surface area contributed by atoms with Crippen molar-refractivity contribution in [2.45, 2.75) is 6.61 Å². The number of aliphatic hydroxyl groups is 1. The normalized spacial score (nSPS) is 10.8. The van der Waals surface area contributed by atoms with Crippen LogP contribution in [0.5, 0.6) is 5.75 Å². The monoisotopic (exact) mass is 394 g/mol. The number of nitrogens with zero attached hydrogens (tertiary/aromatic N) is 1. The Hall–Kier alpha value is -3.91. The van der Waals surface area contributed by atoms with Gasteiger partial charge in [-0.3, -0.25) is 14.9 Å². The number of ether oxygens (including phenoxy) is 1. The fourth-order valence-electron chi connectivity index (χ4n) is 2.68. The van der Waals surface area contributed by atoms with Gasteiger partial charge in [-0.15, -0.1) is 0 Å². The highest BCUT2D eigenvalue weighted by molar-refractivity contribution is 6.02. The van der Waals surface area contributed by atoms with Gasteiger partial charge in [-0.2, -0.15) is 0 Å². The molecule has 0 aliphatic rings. The molecule has 148 valence electrons. The number of benzene rings is 2. The van der Waals surface area contributed by atoms with Gasteiger partial charge in [0.1, 0.15) is 23.9 Å². The second-order valence-corrected chi connectivity index (χ2v) is 6.01. The zero-order valence-corrected chi connectivity index (χ0v) is 15.5. The van der Waals surface area contributed by atoms with Crippen LogP contribution in [-0.2, 0) is 11.4 Å². The number of rotatable bonds is 7. The maximum Gasteiger partial charge on any atom is 0.270 e. The number of carbonyl (C=O) groups excluding carboxylic acids is 1. The van der Waals surface area contributed by atoms with E-state index in [1.807, 2.05) is 0 Å². The molecule has 3 rings (SSSR count). The minimum absolute atomic E-state index is 0.0481. The van der Waals surface area contributed by atoms with Crippen molar-refractivity contribution < 1.29 is 24.0 Å². The average Bonchev–Trinajstić information content (AvgIpc) is 3.21. The smallest absolute Gasteiger partial charge is 0.270 e. The molecule has 1 amide bonds. The predicted octanol–water partition coefficient (Wildman–Crippen LogP) is 4.01. The number of amides is 1. The van der Waals surface area contributed by atoms with Gasteiger partial charge in [0.15, 0.2) is 0 Å². The van der Waals surface area contributed by atoms with E-state index in [9.17, 15) is 20.0 Å². The van der Waals surface area contributed by atoms with Crippen LogP contribution in [0.4, 0.5) is 11.4 Å². The second-order valence-electron chi connectivity index (χ2n) is 6.01. The maximum absolute atomic E-state index is 12.2. The van der Waals surface area contributed by atoms with E-state index in [2.05, 4.69) is 5.32 Å². The van der Waals surface area contributed by atoms with Crippen molar-refractivity contribution in [3.8, 4) is 17.1 Å². The molecule has 0 unspecified atom stereocenters. The molecule has 0 fully saturated rings. The van der Waals surface area contributed by atoms with Crippen molar-refractivity contribution in [1.82, 2.24) is 0 Å². The number of furan rings is 1. The molecule has 2 aromatic carbocycles. The molecule has 8 nitrogen and oxygen atoms in total. The summed E-state index contributed by atoms with van der Waals surface area (Å²) in [7, 11) is 1.52. The van der Waals surface area contributed by atoms with E-state index >= 15 is 0 Å². The Morgan fingerprint density at radius 1 is 1.24 bits per heavy atom. The van der Waals surface area contributed by atoms with Gasteiger partial charge in [0, 0.05) is 23.9 Å². The van der Waals surface area contributed by atoms with Gasteiger partial charge in [0.25, 0.3) is 5.69 Å². The molecule has 0 aliphatic heterocycles. The molecule has 3 aromatic rings. The Labute approximate surface area is 166 Å². The molecule has 0 saturated heterocycles. The van der Waals surface area contributed by atoms with Crippen LogP contribution in [0.15, 0.2) is 65.1 Å². The first-order chi connectivity index (χ1) is 14.0. The Morgan fingerprint density at radius 2 is 2.07 bits per heavy atom. The first-order valence-corrected chi connectivity index (χ1v) is 8.61. The summed E-state index contributed by atoms with van der Waals surface area (Å²) in [6.07, 6.45) is 2.78. The summed E-state index contributed by atoms with van der Waals surface area (Å²) >= 11 is 0. The van der Waals surface area contributed by atoms with Crippen LogP contribution in [0, 0.1) is 10.1 Å². The lowest BCUT2D eigenvalue weighted by Gasteiger charge is -2.09. The molecule has 2 N–H and O–H groups in total. The summed E-state index contributed by atoms with van der Waals surface area (Å²) in [5.74, 6) is 1.06. The number of hydrogen-bond acceptors (Lipinski definition) is 6. The van der Waals surface area contributed by atoms with E-state index in [0.717, 1.165) is 0 Å². The van der Waals surface area contributed by atoms with E-state index in [4.69, 9.17) is 9.15 Å². The fourth-order valence-corrected chi connectivity index (χ4v) is 2.68. The number of carbonyl (C=O) groups is 1. The van der Waals surface area contributed by atoms with Gasteiger partial charge in [-0.25, -0.2) is 0 Å². The molecule has 0 aliphatic carbocycles. The summed E-state index contributed by atoms with van der Waals surface area (Å²) in [6.45, 7) is -0.221.